The Kier molecular flexibility index (Phi) is 4.02. The molecule has 3 nitrogen and oxygen atoms in total. The molecule has 0 aliphatic rings. The van der Waals surface area contributed by atoms with Crippen molar-refractivity contribution >= 4 is 12.6 Å². The molecule has 0 radical (unpaired) electrons. The van der Waals surface area contributed by atoms with Crippen LogP contribution in [0.4, 0.5) is 4.39 Å². The molecule has 1 rings (SSSR count). The summed E-state index contributed by atoms with van der Waals surface area (Å²) >= 11 is 0. The van der Waals surface area contributed by atoms with Gasteiger partial charge in [-0.3, -0.25) is 0 Å². The van der Waals surface area contributed by atoms with E-state index in [4.69, 9.17) is 9.05 Å². The molecule has 16 heavy (non-hydrogen) atoms. The molecule has 92 valence electrons. The molecule has 1 aromatic carbocycles. The third-order valence-corrected chi connectivity index (χ3v) is 5.48. The molecule has 0 aliphatic carbocycles. The van der Waals surface area contributed by atoms with E-state index in [0.717, 1.165) is 0 Å². The molecule has 0 saturated heterocycles. The molecule has 0 aliphatic heterocycles. The van der Waals surface area contributed by atoms with Crippen molar-refractivity contribution in [3.05, 3.63) is 30.1 Å². The second-order valence-electron chi connectivity index (χ2n) is 3.62. The van der Waals surface area contributed by atoms with Crippen molar-refractivity contribution in [1.82, 2.24) is 0 Å². The molecule has 0 saturated carbocycles. The van der Waals surface area contributed by atoms with Gasteiger partial charge in [-0.1, -0.05) is 0 Å². The summed E-state index contributed by atoms with van der Waals surface area (Å²) in [5.41, 5.74) is 0. The molecule has 0 atom stereocenters. The zero-order valence-electron chi connectivity index (χ0n) is 9.81. The van der Waals surface area contributed by atoms with E-state index in [1.54, 1.807) is 20.5 Å². The number of rotatable bonds is 5. The van der Waals surface area contributed by atoms with Crippen molar-refractivity contribution < 1.29 is 18.3 Å². The topological polar surface area (TPSA) is 38.7 Å². The average Bonchev–Trinajstić information content (AvgIpc) is 2.18. The van der Waals surface area contributed by atoms with Crippen molar-refractivity contribution in [3.63, 3.8) is 0 Å². The summed E-state index contributed by atoms with van der Waals surface area (Å²) in [5, 5.41) is 0.496. The summed E-state index contributed by atoms with van der Waals surface area (Å²) in [6.45, 7) is 5.78. The average molecular weight is 248 g/mol. The second kappa shape index (κ2) is 4.76. The van der Waals surface area contributed by atoms with E-state index in [-0.39, 0.29) is 5.82 Å². The van der Waals surface area contributed by atoms with E-state index in [1.165, 1.54) is 24.3 Å². The SMILES string of the molecule is CCOP(C)(O)(OCC)c1ccc(F)cc1. The van der Waals surface area contributed by atoms with Gasteiger partial charge in [-0.15, -0.1) is 0 Å². The first kappa shape index (κ1) is 13.5. The molecule has 0 aromatic heterocycles. The van der Waals surface area contributed by atoms with Crippen LogP contribution in [0.2, 0.25) is 0 Å². The van der Waals surface area contributed by atoms with Gasteiger partial charge in [-0.25, -0.2) is 0 Å². The molecule has 0 amide bonds. The Bertz CT molecular complexity index is 341. The molecule has 1 aromatic rings. The van der Waals surface area contributed by atoms with Gasteiger partial charge in [-0.05, 0) is 0 Å². The zero-order valence-corrected chi connectivity index (χ0v) is 10.7. The fourth-order valence-corrected chi connectivity index (χ4v) is 3.99. The zero-order chi connectivity index (χ0) is 12.3. The van der Waals surface area contributed by atoms with Crippen LogP contribution in [0.3, 0.4) is 0 Å². The Morgan fingerprint density at radius 2 is 1.56 bits per heavy atom. The predicted octanol–water partition coefficient (Wildman–Crippen LogP) is 2.44. The third-order valence-electron chi connectivity index (χ3n) is 2.28. The Hall–Kier alpha value is -0.540. The van der Waals surface area contributed by atoms with Crippen molar-refractivity contribution in [1.29, 1.82) is 0 Å². The summed E-state index contributed by atoms with van der Waals surface area (Å²) in [7, 11) is -3.79. The van der Waals surface area contributed by atoms with Gasteiger partial charge in [0.25, 0.3) is 0 Å². The summed E-state index contributed by atoms with van der Waals surface area (Å²) in [6, 6.07) is 5.57. The molecule has 0 heterocycles. The molecule has 5 heteroatoms. The van der Waals surface area contributed by atoms with Crippen LogP contribution < -0.4 is 5.30 Å². The van der Waals surface area contributed by atoms with Crippen LogP contribution in [-0.2, 0) is 9.05 Å². The molecule has 0 spiro atoms. The number of hydrogen-bond donors (Lipinski definition) is 1. The van der Waals surface area contributed by atoms with Crippen LogP contribution in [0.5, 0.6) is 0 Å². The fourth-order valence-electron chi connectivity index (χ4n) is 1.57. The third kappa shape index (κ3) is 2.77. The normalized spacial score (nSPS) is 14.4. The van der Waals surface area contributed by atoms with E-state index in [2.05, 4.69) is 0 Å². The van der Waals surface area contributed by atoms with Gasteiger partial charge in [0.1, 0.15) is 0 Å². The maximum atomic E-state index is 12.8. The first-order chi connectivity index (χ1) is 7.41. The van der Waals surface area contributed by atoms with E-state index in [9.17, 15) is 9.28 Å². The molecule has 0 fully saturated rings. The van der Waals surface area contributed by atoms with Gasteiger partial charge >= 0.3 is 94.7 Å². The fraction of sp³-hybridized carbons (Fsp3) is 0.455. The van der Waals surface area contributed by atoms with Crippen LogP contribution >= 0.6 is 7.28 Å². The Balaban J connectivity index is 3.15. The van der Waals surface area contributed by atoms with Gasteiger partial charge in [0.05, 0.1) is 0 Å². The number of hydrogen-bond acceptors (Lipinski definition) is 3. The van der Waals surface area contributed by atoms with E-state index >= 15 is 0 Å². The summed E-state index contributed by atoms with van der Waals surface area (Å²) in [4.78, 5) is 10.6. The first-order valence-corrected chi connectivity index (χ1v) is 7.71. The van der Waals surface area contributed by atoms with E-state index < -0.39 is 7.28 Å². The van der Waals surface area contributed by atoms with Crippen LogP contribution in [0, 0.1) is 5.82 Å². The summed E-state index contributed by atoms with van der Waals surface area (Å²) in [6.07, 6.45) is 0. The van der Waals surface area contributed by atoms with E-state index in [1.807, 2.05) is 0 Å². The Morgan fingerprint density at radius 1 is 1.12 bits per heavy atom. The molecule has 0 unspecified atom stereocenters. The monoisotopic (exact) mass is 248 g/mol. The van der Waals surface area contributed by atoms with Gasteiger partial charge in [0.15, 0.2) is 0 Å². The van der Waals surface area contributed by atoms with Gasteiger partial charge in [-0.2, -0.15) is 0 Å². The summed E-state index contributed by atoms with van der Waals surface area (Å²) < 4.78 is 23.7. The maximum absolute atomic E-state index is 12.8. The van der Waals surface area contributed by atoms with Crippen LogP contribution in [-0.4, -0.2) is 24.8 Å². The minimum atomic E-state index is -3.79. The summed E-state index contributed by atoms with van der Waals surface area (Å²) in [5.74, 6) is -0.352. The predicted molar refractivity (Wildman–Crippen MR) is 64.3 cm³/mol. The van der Waals surface area contributed by atoms with Gasteiger partial charge < -0.3 is 0 Å². The Morgan fingerprint density at radius 3 is 1.94 bits per heavy atom. The molecular weight excluding hydrogens is 230 g/mol. The second-order valence-corrected chi connectivity index (χ2v) is 7.27. The molecule has 0 bridgehead atoms. The molecule has 1 N–H and O–H groups in total. The van der Waals surface area contributed by atoms with Crippen LogP contribution in [0.25, 0.3) is 0 Å². The van der Waals surface area contributed by atoms with Crippen molar-refractivity contribution in [3.8, 4) is 0 Å². The standard InChI is InChI=1S/C11H18FO3P/c1-4-14-16(3,13,15-5-2)11-8-6-10(12)7-9-11/h6-9,13H,4-5H2,1-3H3. The van der Waals surface area contributed by atoms with Crippen molar-refractivity contribution in [2.24, 2.45) is 0 Å². The first-order valence-electron chi connectivity index (χ1n) is 5.24. The van der Waals surface area contributed by atoms with E-state index in [0.29, 0.717) is 18.5 Å². The molecular formula is C11H18FO3P. The van der Waals surface area contributed by atoms with Crippen molar-refractivity contribution in [2.75, 3.05) is 19.9 Å². The number of benzene rings is 1. The quantitative estimate of drug-likeness (QED) is 0.813. The van der Waals surface area contributed by atoms with Gasteiger partial charge in [0.2, 0.25) is 0 Å². The number of halogens is 1. The van der Waals surface area contributed by atoms with Crippen LogP contribution in [0.15, 0.2) is 24.3 Å². The van der Waals surface area contributed by atoms with Gasteiger partial charge in [0, 0.05) is 0 Å². The van der Waals surface area contributed by atoms with Crippen molar-refractivity contribution in [2.45, 2.75) is 13.8 Å². The minimum absolute atomic E-state index is 0.336. The van der Waals surface area contributed by atoms with Crippen LogP contribution in [0.1, 0.15) is 13.8 Å². The Labute approximate surface area is 95.4 Å².